The zero-order valence-electron chi connectivity index (χ0n) is 15.2. The molecule has 142 valence electrons. The Morgan fingerprint density at radius 2 is 1.85 bits per heavy atom. The summed E-state index contributed by atoms with van der Waals surface area (Å²) in [6.45, 7) is 6.19. The van der Waals surface area contributed by atoms with Crippen molar-refractivity contribution in [3.05, 3.63) is 35.4 Å². The third-order valence-corrected chi connectivity index (χ3v) is 4.97. The second-order valence-corrected chi connectivity index (χ2v) is 7.17. The molecule has 1 aromatic carbocycles. The van der Waals surface area contributed by atoms with Gasteiger partial charge in [0.25, 0.3) is 11.8 Å². The number of fused-ring (bicyclic) bond motifs is 1. The largest absolute Gasteiger partial charge is 0.354 e. The lowest BCUT2D eigenvalue weighted by Crippen LogP contribution is -2.53. The molecule has 2 aliphatic rings. The van der Waals surface area contributed by atoms with E-state index in [1.54, 1.807) is 24.3 Å². The zero-order valence-corrected chi connectivity index (χ0v) is 16.0. The molecule has 26 heavy (non-hydrogen) atoms. The summed E-state index contributed by atoms with van der Waals surface area (Å²) in [6.07, 6.45) is 2.18. The van der Waals surface area contributed by atoms with Gasteiger partial charge >= 0.3 is 0 Å². The van der Waals surface area contributed by atoms with E-state index < -0.39 is 6.04 Å². The summed E-state index contributed by atoms with van der Waals surface area (Å²) in [4.78, 5) is 39.3. The Balaban J connectivity index is 0.00000243. The van der Waals surface area contributed by atoms with Crippen molar-refractivity contribution < 1.29 is 14.4 Å². The van der Waals surface area contributed by atoms with Crippen LogP contribution in [0.25, 0.3) is 0 Å². The minimum Gasteiger partial charge on any atom is -0.354 e. The predicted octanol–water partition coefficient (Wildman–Crippen LogP) is 1.84. The molecular weight excluding hydrogens is 354 g/mol. The Morgan fingerprint density at radius 3 is 2.35 bits per heavy atom. The summed E-state index contributed by atoms with van der Waals surface area (Å²) >= 11 is 0. The van der Waals surface area contributed by atoms with Gasteiger partial charge < -0.3 is 10.6 Å². The molecule has 3 rings (SSSR count). The fourth-order valence-corrected chi connectivity index (χ4v) is 3.63. The summed E-state index contributed by atoms with van der Waals surface area (Å²) in [5.41, 5.74) is 0.755. The Bertz CT molecular complexity index is 651. The van der Waals surface area contributed by atoms with E-state index >= 15 is 0 Å². The molecule has 0 saturated carbocycles. The highest BCUT2D eigenvalue weighted by Gasteiger charge is 2.43. The van der Waals surface area contributed by atoms with Crippen molar-refractivity contribution in [3.8, 4) is 0 Å². The second-order valence-electron chi connectivity index (χ2n) is 7.17. The van der Waals surface area contributed by atoms with Crippen LogP contribution in [0, 0.1) is 11.8 Å². The third-order valence-electron chi connectivity index (χ3n) is 4.97. The minimum absolute atomic E-state index is 0. The van der Waals surface area contributed by atoms with Gasteiger partial charge in [-0.15, -0.1) is 12.4 Å². The number of hydrogen-bond donors (Lipinski definition) is 2. The number of nitrogens with zero attached hydrogens (tertiary/aromatic N) is 1. The van der Waals surface area contributed by atoms with Crippen molar-refractivity contribution in [3.63, 3.8) is 0 Å². The maximum atomic E-state index is 12.8. The van der Waals surface area contributed by atoms with Gasteiger partial charge in [-0.1, -0.05) is 26.0 Å². The smallest absolute Gasteiger partial charge is 0.262 e. The molecule has 2 aliphatic heterocycles. The van der Waals surface area contributed by atoms with Gasteiger partial charge in [0.1, 0.15) is 6.04 Å². The Hall–Kier alpha value is -1.92. The van der Waals surface area contributed by atoms with Crippen molar-refractivity contribution in [2.75, 3.05) is 19.6 Å². The maximum Gasteiger partial charge on any atom is 0.262 e. The van der Waals surface area contributed by atoms with Crippen LogP contribution >= 0.6 is 12.4 Å². The van der Waals surface area contributed by atoms with Crippen molar-refractivity contribution >= 4 is 30.1 Å². The van der Waals surface area contributed by atoms with Crippen molar-refractivity contribution in [2.45, 2.75) is 32.7 Å². The van der Waals surface area contributed by atoms with E-state index in [4.69, 9.17) is 0 Å². The number of carbonyl (C=O) groups is 3. The van der Waals surface area contributed by atoms with Gasteiger partial charge in [0.15, 0.2) is 0 Å². The van der Waals surface area contributed by atoms with Crippen molar-refractivity contribution in [1.29, 1.82) is 0 Å². The average Bonchev–Trinajstić information content (AvgIpc) is 2.86. The molecule has 2 unspecified atom stereocenters. The first kappa shape index (κ1) is 20.4. The molecule has 0 aliphatic carbocycles. The summed E-state index contributed by atoms with van der Waals surface area (Å²) in [6, 6.07) is 5.95. The van der Waals surface area contributed by atoms with Gasteiger partial charge in [0.2, 0.25) is 5.91 Å². The quantitative estimate of drug-likeness (QED) is 0.765. The Morgan fingerprint density at radius 1 is 1.23 bits per heavy atom. The van der Waals surface area contributed by atoms with E-state index in [1.165, 1.54) is 0 Å². The lowest BCUT2D eigenvalue weighted by molar-refractivity contribution is -0.126. The average molecular weight is 380 g/mol. The number of amides is 3. The number of hydrogen-bond acceptors (Lipinski definition) is 4. The first-order chi connectivity index (χ1) is 12.0. The molecule has 0 aromatic heterocycles. The highest BCUT2D eigenvalue weighted by Crippen LogP contribution is 2.27. The van der Waals surface area contributed by atoms with Crippen molar-refractivity contribution in [2.24, 2.45) is 11.8 Å². The molecule has 0 spiro atoms. The monoisotopic (exact) mass is 379 g/mol. The van der Waals surface area contributed by atoms with Gasteiger partial charge in [-0.3, -0.25) is 19.3 Å². The molecular formula is C19H26ClN3O3. The molecule has 2 N–H and O–H groups in total. The molecule has 7 heteroatoms. The number of rotatable bonds is 5. The molecule has 0 radical (unpaired) electrons. The van der Waals surface area contributed by atoms with Gasteiger partial charge in [0, 0.05) is 6.54 Å². The summed E-state index contributed by atoms with van der Waals surface area (Å²) < 4.78 is 0. The molecule has 6 nitrogen and oxygen atoms in total. The topological polar surface area (TPSA) is 78.5 Å². The number of imide groups is 1. The molecule has 2 heterocycles. The number of benzene rings is 1. The number of halogens is 1. The Kier molecular flexibility index (Phi) is 6.78. The molecule has 1 saturated heterocycles. The highest BCUT2D eigenvalue weighted by molar-refractivity contribution is 6.22. The predicted molar refractivity (Wildman–Crippen MR) is 101 cm³/mol. The van der Waals surface area contributed by atoms with Gasteiger partial charge in [-0.2, -0.15) is 0 Å². The van der Waals surface area contributed by atoms with E-state index in [0.717, 1.165) is 30.8 Å². The first-order valence-electron chi connectivity index (χ1n) is 8.96. The minimum atomic E-state index is -0.788. The van der Waals surface area contributed by atoms with Crippen molar-refractivity contribution in [1.82, 2.24) is 15.5 Å². The number of nitrogens with one attached hydrogen (secondary N) is 2. The molecule has 1 fully saturated rings. The van der Waals surface area contributed by atoms with Crippen LogP contribution in [-0.2, 0) is 4.79 Å². The molecule has 2 atom stereocenters. The summed E-state index contributed by atoms with van der Waals surface area (Å²) in [7, 11) is 0. The molecule has 1 aromatic rings. The van der Waals surface area contributed by atoms with E-state index in [2.05, 4.69) is 10.6 Å². The standard InChI is InChI=1S/C19H25N3O3.ClH/c1-12(2)16(17(23)21-11-13-6-5-9-20-10-13)22-18(24)14-7-3-4-8-15(14)19(22)25;/h3-4,7-8,12-13,16,20H,5-6,9-11H2,1-2H3,(H,21,23);1H. The highest BCUT2D eigenvalue weighted by atomic mass is 35.5. The van der Waals surface area contributed by atoms with Gasteiger partial charge in [0.05, 0.1) is 11.1 Å². The van der Waals surface area contributed by atoms with Gasteiger partial charge in [-0.05, 0) is 49.9 Å². The Labute approximate surface area is 160 Å². The van der Waals surface area contributed by atoms with Crippen LogP contribution in [0.5, 0.6) is 0 Å². The second kappa shape index (κ2) is 8.64. The molecule has 0 bridgehead atoms. The number of piperidine rings is 1. The van der Waals surface area contributed by atoms with Gasteiger partial charge in [-0.25, -0.2) is 0 Å². The fraction of sp³-hybridized carbons (Fsp3) is 0.526. The SMILES string of the molecule is CC(C)C(C(=O)NCC1CCCNC1)N1C(=O)c2ccccc2C1=O.Cl. The summed E-state index contributed by atoms with van der Waals surface area (Å²) in [5, 5.41) is 6.28. The van der Waals surface area contributed by atoms with Crippen LogP contribution in [0.3, 0.4) is 0 Å². The van der Waals surface area contributed by atoms with E-state index in [9.17, 15) is 14.4 Å². The fourth-order valence-electron chi connectivity index (χ4n) is 3.63. The van der Waals surface area contributed by atoms with E-state index in [0.29, 0.717) is 23.6 Å². The lowest BCUT2D eigenvalue weighted by atomic mass is 9.98. The number of carbonyl (C=O) groups excluding carboxylic acids is 3. The third kappa shape index (κ3) is 3.91. The van der Waals surface area contributed by atoms with Crippen LogP contribution in [0.15, 0.2) is 24.3 Å². The van der Waals surface area contributed by atoms with E-state index in [1.807, 2.05) is 13.8 Å². The first-order valence-corrected chi connectivity index (χ1v) is 8.96. The lowest BCUT2D eigenvalue weighted by Gasteiger charge is -2.30. The van der Waals surface area contributed by atoms with Crippen LogP contribution in [0.2, 0.25) is 0 Å². The normalized spacial score (nSPS) is 20.6. The van der Waals surface area contributed by atoms with Crippen LogP contribution in [0.1, 0.15) is 47.4 Å². The van der Waals surface area contributed by atoms with E-state index in [-0.39, 0.29) is 36.0 Å². The maximum absolute atomic E-state index is 12.8. The summed E-state index contributed by atoms with van der Waals surface area (Å²) in [5.74, 6) is -0.781. The molecule has 3 amide bonds. The van der Waals surface area contributed by atoms with Crippen LogP contribution in [-0.4, -0.2) is 48.3 Å². The zero-order chi connectivity index (χ0) is 18.0. The van der Waals surface area contributed by atoms with Crippen LogP contribution in [0.4, 0.5) is 0 Å². The van der Waals surface area contributed by atoms with Crippen LogP contribution < -0.4 is 10.6 Å².